The first-order valence-corrected chi connectivity index (χ1v) is 14.8. The number of halogens is 2. The fourth-order valence-corrected chi connectivity index (χ4v) is 5.21. The number of hydrogen-bond acceptors (Lipinski definition) is 7. The summed E-state index contributed by atoms with van der Waals surface area (Å²) in [5.74, 6) is -0.702. The third-order valence-electron chi connectivity index (χ3n) is 7.46. The second kappa shape index (κ2) is 12.8. The second-order valence-corrected chi connectivity index (χ2v) is 11.1. The molecule has 4 heterocycles. The molecule has 1 amide bonds. The molecule has 0 saturated carbocycles. The number of benzene rings is 2. The van der Waals surface area contributed by atoms with Gasteiger partial charge in [-0.15, -0.1) is 0 Å². The van der Waals surface area contributed by atoms with Crippen LogP contribution >= 0.6 is 0 Å². The summed E-state index contributed by atoms with van der Waals surface area (Å²) in [4.78, 5) is 30.9. The highest BCUT2D eigenvalue weighted by molar-refractivity contribution is 5.98. The van der Waals surface area contributed by atoms with E-state index in [9.17, 15) is 9.18 Å². The minimum Gasteiger partial charge on any atom is -0.384 e. The summed E-state index contributed by atoms with van der Waals surface area (Å²) in [6.07, 6.45) is 6.80. The molecule has 0 aliphatic heterocycles. The zero-order valence-electron chi connectivity index (χ0n) is 25.2. The topological polar surface area (TPSA) is 128 Å². The van der Waals surface area contributed by atoms with E-state index in [4.69, 9.17) is 4.98 Å². The van der Waals surface area contributed by atoms with Gasteiger partial charge in [0.05, 0.1) is 22.8 Å². The van der Waals surface area contributed by atoms with E-state index in [1.165, 1.54) is 18.3 Å². The lowest BCUT2D eigenvalue weighted by Gasteiger charge is -2.12. The van der Waals surface area contributed by atoms with Crippen molar-refractivity contribution in [1.82, 2.24) is 35.0 Å². The Labute approximate surface area is 258 Å². The highest BCUT2D eigenvalue weighted by Crippen LogP contribution is 2.36. The van der Waals surface area contributed by atoms with Gasteiger partial charge in [-0.3, -0.25) is 14.9 Å². The van der Waals surface area contributed by atoms with E-state index < -0.39 is 5.82 Å². The van der Waals surface area contributed by atoms with Crippen LogP contribution in [0.15, 0.2) is 61.1 Å². The van der Waals surface area contributed by atoms with Gasteiger partial charge >= 0.3 is 0 Å². The van der Waals surface area contributed by atoms with Gasteiger partial charge in [-0.2, -0.15) is 5.10 Å². The molecule has 2 aromatic carbocycles. The van der Waals surface area contributed by atoms with Gasteiger partial charge in [-0.1, -0.05) is 13.3 Å². The molecular formula is C33H33F2N9O. The third kappa shape index (κ3) is 6.36. The largest absolute Gasteiger partial charge is 0.384 e. The predicted molar refractivity (Wildman–Crippen MR) is 173 cm³/mol. The first-order valence-electron chi connectivity index (χ1n) is 14.8. The van der Waals surface area contributed by atoms with Gasteiger partial charge in [0.15, 0.2) is 11.5 Å². The molecule has 0 aliphatic carbocycles. The average molecular weight is 610 g/mol. The van der Waals surface area contributed by atoms with E-state index in [1.807, 2.05) is 32.0 Å². The van der Waals surface area contributed by atoms with Gasteiger partial charge in [0.2, 0.25) is 5.91 Å². The molecule has 6 aromatic rings. The summed E-state index contributed by atoms with van der Waals surface area (Å²) in [5, 5.41) is 13.6. The molecule has 0 unspecified atom stereocenters. The number of amides is 1. The summed E-state index contributed by atoms with van der Waals surface area (Å²) in [6, 6.07) is 11.6. The predicted octanol–water partition coefficient (Wildman–Crippen LogP) is 6.61. The van der Waals surface area contributed by atoms with Crippen molar-refractivity contribution < 1.29 is 13.6 Å². The standard InChI is InChI=1S/C33H33F2N9O/c1-4-5-6-27(45)39-23-15-20(17-36-18-23)24-7-8-26-28(29(24)35)31(43-42-26)33-40-30-25(9-10-38-32(30)41-33)19-13-21(34)16-22(14-19)37-11-12-44(2)3/h7-10,13-18,37H,4-6,11-12H2,1-3H3,(H,39,45)(H,42,43)(H,38,40,41). The Kier molecular flexibility index (Phi) is 8.47. The van der Waals surface area contributed by atoms with Gasteiger partial charge in [0.25, 0.3) is 0 Å². The van der Waals surface area contributed by atoms with Crippen LogP contribution in [0, 0.1) is 11.6 Å². The lowest BCUT2D eigenvalue weighted by atomic mass is 10.0. The Morgan fingerprint density at radius 3 is 2.67 bits per heavy atom. The van der Waals surface area contributed by atoms with Gasteiger partial charge < -0.3 is 20.5 Å². The van der Waals surface area contributed by atoms with Gasteiger partial charge in [0, 0.05) is 54.3 Å². The lowest BCUT2D eigenvalue weighted by Crippen LogP contribution is -2.20. The number of pyridine rings is 2. The fourth-order valence-electron chi connectivity index (χ4n) is 5.21. The zero-order valence-corrected chi connectivity index (χ0v) is 25.2. The zero-order chi connectivity index (χ0) is 31.5. The average Bonchev–Trinajstić information content (AvgIpc) is 3.65. The Hall–Kier alpha value is -5.23. The maximum absolute atomic E-state index is 16.3. The molecule has 0 atom stereocenters. The first kappa shape index (κ1) is 29.8. The van der Waals surface area contributed by atoms with Gasteiger partial charge in [0.1, 0.15) is 22.8 Å². The van der Waals surface area contributed by atoms with Crippen LogP contribution in [0.4, 0.5) is 20.2 Å². The lowest BCUT2D eigenvalue weighted by molar-refractivity contribution is -0.116. The third-order valence-corrected chi connectivity index (χ3v) is 7.46. The maximum Gasteiger partial charge on any atom is 0.224 e. The molecule has 0 fully saturated rings. The number of nitrogens with zero attached hydrogens (tertiary/aromatic N) is 5. The van der Waals surface area contributed by atoms with Crippen LogP contribution < -0.4 is 10.6 Å². The minimum absolute atomic E-state index is 0.114. The van der Waals surface area contributed by atoms with Crippen molar-refractivity contribution in [2.24, 2.45) is 0 Å². The number of carbonyl (C=O) groups is 1. The van der Waals surface area contributed by atoms with Gasteiger partial charge in [-0.25, -0.2) is 18.7 Å². The molecule has 0 bridgehead atoms. The number of H-pyrrole nitrogens is 2. The summed E-state index contributed by atoms with van der Waals surface area (Å²) >= 11 is 0. The summed E-state index contributed by atoms with van der Waals surface area (Å²) in [6.45, 7) is 3.47. The van der Waals surface area contributed by atoms with E-state index in [-0.39, 0.29) is 22.8 Å². The molecule has 6 rings (SSSR count). The quantitative estimate of drug-likeness (QED) is 0.130. The van der Waals surface area contributed by atoms with Crippen molar-refractivity contribution in [2.45, 2.75) is 26.2 Å². The van der Waals surface area contributed by atoms with Crippen molar-refractivity contribution in [1.29, 1.82) is 0 Å². The number of aromatic amines is 2. The smallest absolute Gasteiger partial charge is 0.224 e. The number of carbonyl (C=O) groups excluding carboxylic acids is 1. The monoisotopic (exact) mass is 609 g/mol. The number of imidazole rings is 1. The Morgan fingerprint density at radius 1 is 1.00 bits per heavy atom. The number of rotatable bonds is 11. The van der Waals surface area contributed by atoms with Crippen LogP contribution in [0.3, 0.4) is 0 Å². The number of fused-ring (bicyclic) bond motifs is 2. The number of unbranched alkanes of at least 4 members (excludes halogenated alkanes) is 1. The van der Waals surface area contributed by atoms with E-state index in [1.54, 1.807) is 36.7 Å². The van der Waals surface area contributed by atoms with Crippen molar-refractivity contribution in [3.05, 3.63) is 72.7 Å². The molecule has 0 spiro atoms. The van der Waals surface area contributed by atoms with Crippen LogP contribution in [-0.2, 0) is 4.79 Å². The molecular weight excluding hydrogens is 576 g/mol. The van der Waals surface area contributed by atoms with Crippen LogP contribution in [0.25, 0.3) is 55.8 Å². The van der Waals surface area contributed by atoms with Crippen LogP contribution in [0.2, 0.25) is 0 Å². The Morgan fingerprint density at radius 2 is 1.84 bits per heavy atom. The number of hydrogen-bond donors (Lipinski definition) is 4. The molecule has 0 saturated heterocycles. The van der Waals surface area contributed by atoms with Crippen LogP contribution in [0.5, 0.6) is 0 Å². The molecule has 45 heavy (non-hydrogen) atoms. The van der Waals surface area contributed by atoms with Crippen molar-refractivity contribution >= 4 is 39.3 Å². The SMILES string of the molecule is CCCCC(=O)Nc1cncc(-c2ccc3[nH]nc(-c4nc5c(-c6cc(F)cc(NCCN(C)C)c6)ccnc5[nH]4)c3c2F)c1. The van der Waals surface area contributed by atoms with E-state index in [0.29, 0.717) is 69.1 Å². The fraction of sp³-hybridized carbons (Fsp3) is 0.242. The van der Waals surface area contributed by atoms with E-state index in [2.05, 4.69) is 35.8 Å². The highest BCUT2D eigenvalue weighted by Gasteiger charge is 2.21. The normalized spacial score (nSPS) is 11.5. The molecule has 12 heteroatoms. The number of anilines is 2. The van der Waals surface area contributed by atoms with Crippen molar-refractivity contribution in [3.63, 3.8) is 0 Å². The number of likely N-dealkylation sites (N-methyl/N-ethyl adjacent to an activating group) is 1. The number of nitrogens with one attached hydrogen (secondary N) is 4. The molecule has 0 radical (unpaired) electrons. The van der Waals surface area contributed by atoms with Gasteiger partial charge in [-0.05, 0) is 68.5 Å². The molecule has 4 N–H and O–H groups in total. The molecule has 230 valence electrons. The Balaban J connectivity index is 1.36. The number of aromatic nitrogens is 6. The van der Waals surface area contributed by atoms with Crippen LogP contribution in [0.1, 0.15) is 26.2 Å². The van der Waals surface area contributed by atoms with Crippen molar-refractivity contribution in [3.8, 4) is 33.8 Å². The molecule has 10 nitrogen and oxygen atoms in total. The summed E-state index contributed by atoms with van der Waals surface area (Å²) in [7, 11) is 3.95. The Bertz CT molecular complexity index is 2000. The van der Waals surface area contributed by atoms with Crippen LogP contribution in [-0.4, -0.2) is 68.1 Å². The highest BCUT2D eigenvalue weighted by atomic mass is 19.1. The van der Waals surface area contributed by atoms with E-state index >= 15 is 4.39 Å². The minimum atomic E-state index is -0.514. The summed E-state index contributed by atoms with van der Waals surface area (Å²) in [5.41, 5.74) is 4.95. The second-order valence-electron chi connectivity index (χ2n) is 11.1. The van der Waals surface area contributed by atoms with E-state index in [0.717, 1.165) is 19.4 Å². The maximum atomic E-state index is 16.3. The van der Waals surface area contributed by atoms with Crippen molar-refractivity contribution in [2.75, 3.05) is 37.8 Å². The molecule has 0 aliphatic rings. The molecule has 4 aromatic heterocycles. The summed E-state index contributed by atoms with van der Waals surface area (Å²) < 4.78 is 30.9. The first-order chi connectivity index (χ1) is 21.8.